The highest BCUT2D eigenvalue weighted by molar-refractivity contribution is 8.00. The van der Waals surface area contributed by atoms with Gasteiger partial charge in [0, 0.05) is 4.90 Å². The summed E-state index contributed by atoms with van der Waals surface area (Å²) in [5.41, 5.74) is 4.98. The van der Waals surface area contributed by atoms with Gasteiger partial charge in [0.15, 0.2) is 0 Å². The summed E-state index contributed by atoms with van der Waals surface area (Å²) < 4.78 is 0. The fourth-order valence-electron chi connectivity index (χ4n) is 0.671. The Kier molecular flexibility index (Phi) is 5.58. The van der Waals surface area contributed by atoms with Crippen molar-refractivity contribution in [2.75, 3.05) is 5.75 Å². The second kappa shape index (κ2) is 5.91. The number of hydrogen-bond donors (Lipinski definition) is 1. The molecule has 0 bridgehead atoms. The largest absolute Gasteiger partial charge is 0.369 e. The van der Waals surface area contributed by atoms with Gasteiger partial charge in [0.05, 0.1) is 5.75 Å². The molecule has 0 spiro atoms. The molecule has 2 N–H and O–H groups in total. The summed E-state index contributed by atoms with van der Waals surface area (Å²) in [6, 6.07) is 9.71. The molecular weight excluding hydrogens is 194 g/mol. The van der Waals surface area contributed by atoms with Crippen molar-refractivity contribution in [3.8, 4) is 0 Å². The second-order valence-corrected chi connectivity index (χ2v) is 3.12. The Morgan fingerprint density at radius 2 is 1.92 bits per heavy atom. The molecule has 0 saturated heterocycles. The first-order valence-corrected chi connectivity index (χ1v) is 4.24. The van der Waals surface area contributed by atoms with Crippen LogP contribution in [0.4, 0.5) is 0 Å². The normalized spacial score (nSPS) is 8.67. The van der Waals surface area contributed by atoms with Crippen LogP contribution in [0.25, 0.3) is 0 Å². The average Bonchev–Trinajstić information content (AvgIpc) is 2.03. The summed E-state index contributed by atoms with van der Waals surface area (Å²) in [6.45, 7) is 0. The molecule has 0 aromatic heterocycles. The maximum Gasteiger partial charge on any atom is 0.227 e. The predicted octanol–water partition coefficient (Wildman–Crippen LogP) is 1.69. The Morgan fingerprint density at radius 1 is 1.33 bits per heavy atom. The van der Waals surface area contributed by atoms with Gasteiger partial charge in [-0.3, -0.25) is 4.79 Å². The topological polar surface area (TPSA) is 43.1 Å². The van der Waals surface area contributed by atoms with Crippen LogP contribution in [0, 0.1) is 0 Å². The number of amides is 1. The van der Waals surface area contributed by atoms with E-state index in [0.29, 0.717) is 5.75 Å². The molecule has 0 radical (unpaired) electrons. The number of rotatable bonds is 3. The van der Waals surface area contributed by atoms with Gasteiger partial charge in [-0.05, 0) is 12.1 Å². The fraction of sp³-hybridized carbons (Fsp3) is 0.125. The fourth-order valence-corrected chi connectivity index (χ4v) is 1.33. The molecule has 0 aliphatic carbocycles. The molecule has 1 aromatic carbocycles. The van der Waals surface area contributed by atoms with Crippen molar-refractivity contribution in [3.05, 3.63) is 30.3 Å². The van der Waals surface area contributed by atoms with E-state index in [1.807, 2.05) is 30.3 Å². The number of carbonyl (C=O) groups excluding carboxylic acids is 1. The summed E-state index contributed by atoms with van der Waals surface area (Å²) in [4.78, 5) is 11.4. The lowest BCUT2D eigenvalue weighted by atomic mass is 10.4. The molecule has 1 amide bonds. The molecule has 0 heterocycles. The van der Waals surface area contributed by atoms with Crippen LogP contribution in [0.3, 0.4) is 0 Å². The van der Waals surface area contributed by atoms with Crippen LogP contribution < -0.4 is 5.73 Å². The Balaban J connectivity index is 0.00000121. The Morgan fingerprint density at radius 3 is 2.42 bits per heavy atom. The van der Waals surface area contributed by atoms with E-state index in [2.05, 4.69) is 0 Å². The van der Waals surface area contributed by atoms with Gasteiger partial charge in [-0.25, -0.2) is 0 Å². The van der Waals surface area contributed by atoms with Crippen LogP contribution >= 0.6 is 24.2 Å². The average molecular weight is 204 g/mol. The van der Waals surface area contributed by atoms with Gasteiger partial charge >= 0.3 is 0 Å². The van der Waals surface area contributed by atoms with Gasteiger partial charge in [0.2, 0.25) is 5.91 Å². The minimum Gasteiger partial charge on any atom is -0.369 e. The molecule has 0 fully saturated rings. The van der Waals surface area contributed by atoms with Crippen molar-refractivity contribution in [2.24, 2.45) is 5.73 Å². The van der Waals surface area contributed by atoms with Gasteiger partial charge in [-0.1, -0.05) is 18.2 Å². The second-order valence-electron chi connectivity index (χ2n) is 2.07. The first kappa shape index (κ1) is 11.3. The molecule has 0 unspecified atom stereocenters. The van der Waals surface area contributed by atoms with E-state index in [4.69, 9.17) is 5.73 Å². The Labute approximate surface area is 81.9 Å². The van der Waals surface area contributed by atoms with E-state index in [-0.39, 0.29) is 18.3 Å². The van der Waals surface area contributed by atoms with Gasteiger partial charge in [0.25, 0.3) is 0 Å². The molecule has 4 heteroatoms. The van der Waals surface area contributed by atoms with E-state index >= 15 is 0 Å². The van der Waals surface area contributed by atoms with Gasteiger partial charge in [0.1, 0.15) is 0 Å². The number of carbonyl (C=O) groups is 1. The van der Waals surface area contributed by atoms with Crippen LogP contribution in [-0.2, 0) is 4.79 Å². The highest BCUT2D eigenvalue weighted by Gasteiger charge is 1.95. The number of thioether (sulfide) groups is 1. The maximum atomic E-state index is 10.4. The number of halogens is 1. The summed E-state index contributed by atoms with van der Waals surface area (Å²) in [5.74, 6) is 0.0724. The summed E-state index contributed by atoms with van der Waals surface area (Å²) in [5, 5.41) is 0. The van der Waals surface area contributed by atoms with Crippen LogP contribution in [0.5, 0.6) is 0 Å². The Hall–Kier alpha value is -0.670. The van der Waals surface area contributed by atoms with E-state index in [1.165, 1.54) is 11.8 Å². The van der Waals surface area contributed by atoms with Crippen molar-refractivity contribution in [3.63, 3.8) is 0 Å². The minimum absolute atomic E-state index is 0. The van der Waals surface area contributed by atoms with Crippen LogP contribution in [0.15, 0.2) is 35.2 Å². The highest BCUT2D eigenvalue weighted by Crippen LogP contribution is 2.15. The third-order valence-corrected chi connectivity index (χ3v) is 2.16. The van der Waals surface area contributed by atoms with E-state index in [1.54, 1.807) is 0 Å². The summed E-state index contributed by atoms with van der Waals surface area (Å²) in [6.07, 6.45) is 0. The first-order valence-electron chi connectivity index (χ1n) is 3.25. The number of hydrogen-bond acceptors (Lipinski definition) is 2. The number of benzene rings is 1. The van der Waals surface area contributed by atoms with E-state index in [0.717, 1.165) is 4.90 Å². The third kappa shape index (κ3) is 4.26. The predicted molar refractivity (Wildman–Crippen MR) is 53.6 cm³/mol. The molecule has 0 aliphatic heterocycles. The molecule has 0 atom stereocenters. The molecule has 1 aromatic rings. The van der Waals surface area contributed by atoms with Gasteiger partial charge in [-0.2, -0.15) is 0 Å². The van der Waals surface area contributed by atoms with Gasteiger partial charge in [-0.15, -0.1) is 24.2 Å². The van der Waals surface area contributed by atoms with Crippen molar-refractivity contribution < 1.29 is 4.79 Å². The lowest BCUT2D eigenvalue weighted by Crippen LogP contribution is -2.12. The molecule has 0 aliphatic rings. The Bertz CT molecular complexity index is 240. The molecular formula is C8H10ClNOS. The quantitative estimate of drug-likeness (QED) is 0.760. The smallest absolute Gasteiger partial charge is 0.227 e. The van der Waals surface area contributed by atoms with E-state index < -0.39 is 0 Å². The molecule has 66 valence electrons. The zero-order valence-corrected chi connectivity index (χ0v) is 8.03. The standard InChI is InChI=1S/C8H9NOS.ClH/c9-8(10)6-11-7-4-2-1-3-5-7;/h1-5H,6H2,(H2,9,10);1H. The van der Waals surface area contributed by atoms with Crippen LogP contribution in [-0.4, -0.2) is 11.7 Å². The third-order valence-electron chi connectivity index (χ3n) is 1.12. The lowest BCUT2D eigenvalue weighted by Gasteiger charge is -1.95. The zero-order chi connectivity index (χ0) is 8.10. The van der Waals surface area contributed by atoms with Crippen LogP contribution in [0.2, 0.25) is 0 Å². The molecule has 2 nitrogen and oxygen atoms in total. The first-order chi connectivity index (χ1) is 5.29. The van der Waals surface area contributed by atoms with Crippen LogP contribution in [0.1, 0.15) is 0 Å². The molecule has 0 saturated carbocycles. The lowest BCUT2D eigenvalue weighted by molar-refractivity contribution is -0.115. The molecule has 1 rings (SSSR count). The summed E-state index contributed by atoms with van der Waals surface area (Å²) in [7, 11) is 0. The zero-order valence-electron chi connectivity index (χ0n) is 6.40. The van der Waals surface area contributed by atoms with Crippen molar-refractivity contribution >= 4 is 30.1 Å². The highest BCUT2D eigenvalue weighted by atomic mass is 35.5. The molecule has 12 heavy (non-hydrogen) atoms. The SMILES string of the molecule is Cl.NC(=O)CSc1ccccc1. The van der Waals surface area contributed by atoms with E-state index in [9.17, 15) is 4.79 Å². The minimum atomic E-state index is -0.279. The van der Waals surface area contributed by atoms with Gasteiger partial charge < -0.3 is 5.73 Å². The summed E-state index contributed by atoms with van der Waals surface area (Å²) >= 11 is 1.45. The number of nitrogens with two attached hydrogens (primary N) is 1. The monoisotopic (exact) mass is 203 g/mol. The maximum absolute atomic E-state index is 10.4. The van der Waals surface area contributed by atoms with Crippen molar-refractivity contribution in [2.45, 2.75) is 4.90 Å². The van der Waals surface area contributed by atoms with Crippen molar-refractivity contribution in [1.29, 1.82) is 0 Å². The van der Waals surface area contributed by atoms with Crippen molar-refractivity contribution in [1.82, 2.24) is 0 Å². The number of primary amides is 1.